The molecular weight excluding hydrogens is 434 g/mol. The summed E-state index contributed by atoms with van der Waals surface area (Å²) in [6.07, 6.45) is 0. The zero-order chi connectivity index (χ0) is 23.5. The van der Waals surface area contributed by atoms with Crippen molar-refractivity contribution in [3.05, 3.63) is 93.3 Å². The summed E-state index contributed by atoms with van der Waals surface area (Å²) in [6, 6.07) is 17.7. The van der Waals surface area contributed by atoms with E-state index in [1.165, 1.54) is 0 Å². The second kappa shape index (κ2) is 9.67. The predicted octanol–water partition coefficient (Wildman–Crippen LogP) is 5.93. The van der Waals surface area contributed by atoms with E-state index in [0.717, 1.165) is 49.9 Å². The van der Waals surface area contributed by atoms with Crippen LogP contribution in [0.1, 0.15) is 38.4 Å². The lowest BCUT2D eigenvalue weighted by atomic mass is 10.1. The lowest BCUT2D eigenvalue weighted by molar-refractivity contribution is 0.0949. The molecule has 1 amide bonds. The smallest absolute Gasteiger partial charge is 0.251 e. The fourth-order valence-corrected chi connectivity index (χ4v) is 4.19. The van der Waals surface area contributed by atoms with Gasteiger partial charge in [-0.1, -0.05) is 41.4 Å². The van der Waals surface area contributed by atoms with Gasteiger partial charge in [0.2, 0.25) is 0 Å². The Hall–Kier alpha value is -3.31. The van der Waals surface area contributed by atoms with Crippen molar-refractivity contribution in [1.82, 2.24) is 14.9 Å². The lowest BCUT2D eigenvalue weighted by Gasteiger charge is -2.13. The highest BCUT2D eigenvalue weighted by molar-refractivity contribution is 6.32. The number of hydrogen-bond donors (Lipinski definition) is 1. The van der Waals surface area contributed by atoms with Gasteiger partial charge in [-0.05, 0) is 74.7 Å². The van der Waals surface area contributed by atoms with Gasteiger partial charge in [-0.25, -0.2) is 4.98 Å². The molecule has 0 saturated carbocycles. The highest BCUT2D eigenvalue weighted by Gasteiger charge is 2.14. The van der Waals surface area contributed by atoms with E-state index < -0.39 is 0 Å². The molecule has 0 aliphatic carbocycles. The van der Waals surface area contributed by atoms with Gasteiger partial charge in [-0.3, -0.25) is 4.79 Å². The third-order valence-corrected chi connectivity index (χ3v) is 6.36. The number of nitrogens with one attached hydrogen (secondary N) is 1. The quantitative estimate of drug-likeness (QED) is 0.371. The number of nitrogens with zero attached hydrogens (tertiary/aromatic N) is 2. The van der Waals surface area contributed by atoms with Crippen molar-refractivity contribution in [2.75, 3.05) is 6.61 Å². The van der Waals surface area contributed by atoms with E-state index in [1.807, 2.05) is 82.3 Å². The van der Waals surface area contributed by atoms with Crippen LogP contribution >= 0.6 is 11.6 Å². The van der Waals surface area contributed by atoms with Crippen LogP contribution in [0.2, 0.25) is 5.02 Å². The maximum Gasteiger partial charge on any atom is 0.251 e. The number of benzene rings is 3. The second-order valence-corrected chi connectivity index (χ2v) is 8.77. The van der Waals surface area contributed by atoms with E-state index in [9.17, 15) is 4.79 Å². The first-order valence-corrected chi connectivity index (χ1v) is 11.4. The van der Waals surface area contributed by atoms with E-state index >= 15 is 0 Å². The van der Waals surface area contributed by atoms with Crippen molar-refractivity contribution in [3.63, 3.8) is 0 Å². The third kappa shape index (κ3) is 5.04. The van der Waals surface area contributed by atoms with E-state index in [2.05, 4.69) is 9.88 Å². The molecule has 4 rings (SSSR count). The molecule has 1 aromatic heterocycles. The molecule has 6 heteroatoms. The Labute approximate surface area is 199 Å². The van der Waals surface area contributed by atoms with Crippen LogP contribution in [0, 0.1) is 27.7 Å². The molecule has 0 bridgehead atoms. The average molecular weight is 462 g/mol. The lowest BCUT2D eigenvalue weighted by Crippen LogP contribution is -2.26. The van der Waals surface area contributed by atoms with Crippen molar-refractivity contribution in [2.24, 2.45) is 0 Å². The number of halogens is 1. The van der Waals surface area contributed by atoms with E-state index in [0.29, 0.717) is 25.3 Å². The van der Waals surface area contributed by atoms with Gasteiger partial charge < -0.3 is 14.6 Å². The molecule has 3 aromatic carbocycles. The summed E-state index contributed by atoms with van der Waals surface area (Å²) in [6.45, 7) is 9.33. The van der Waals surface area contributed by atoms with E-state index in [4.69, 9.17) is 21.3 Å². The Balaban J connectivity index is 1.50. The number of ether oxygens (including phenoxy) is 1. The number of carbonyl (C=O) groups excluding carboxylic acids is 1. The summed E-state index contributed by atoms with van der Waals surface area (Å²) in [5.74, 6) is 1.49. The number of para-hydroxylation sites is 2. The van der Waals surface area contributed by atoms with Crippen LogP contribution in [0.5, 0.6) is 5.75 Å². The van der Waals surface area contributed by atoms with Gasteiger partial charge in [-0.2, -0.15) is 0 Å². The molecule has 0 aliphatic rings. The molecule has 33 heavy (non-hydrogen) atoms. The highest BCUT2D eigenvalue weighted by atomic mass is 35.5. The molecule has 5 nitrogen and oxygen atoms in total. The van der Waals surface area contributed by atoms with Gasteiger partial charge in [0.05, 0.1) is 24.1 Å². The fraction of sp³-hybridized carbons (Fsp3) is 0.259. The molecule has 0 atom stereocenters. The minimum atomic E-state index is -0.102. The van der Waals surface area contributed by atoms with Gasteiger partial charge in [0.1, 0.15) is 18.2 Å². The molecule has 4 aromatic rings. The molecule has 0 unspecified atom stereocenters. The molecule has 0 saturated heterocycles. The Morgan fingerprint density at radius 1 is 1.00 bits per heavy atom. The number of carbonyl (C=O) groups is 1. The van der Waals surface area contributed by atoms with Gasteiger partial charge in [0, 0.05) is 10.6 Å². The first-order chi connectivity index (χ1) is 15.8. The van der Waals surface area contributed by atoms with Crippen LogP contribution in [0.3, 0.4) is 0 Å². The number of amides is 1. The topological polar surface area (TPSA) is 56.2 Å². The first-order valence-electron chi connectivity index (χ1n) is 11.0. The van der Waals surface area contributed by atoms with Crippen LogP contribution < -0.4 is 10.1 Å². The Morgan fingerprint density at radius 2 is 1.73 bits per heavy atom. The van der Waals surface area contributed by atoms with Crippen LogP contribution in [-0.2, 0) is 13.1 Å². The summed E-state index contributed by atoms with van der Waals surface area (Å²) in [5, 5.41) is 3.80. The van der Waals surface area contributed by atoms with Gasteiger partial charge in [0.25, 0.3) is 5.91 Å². The van der Waals surface area contributed by atoms with E-state index in [-0.39, 0.29) is 5.91 Å². The van der Waals surface area contributed by atoms with Crippen molar-refractivity contribution >= 4 is 28.5 Å². The zero-order valence-corrected chi connectivity index (χ0v) is 20.2. The van der Waals surface area contributed by atoms with Crippen LogP contribution in [-0.4, -0.2) is 22.1 Å². The monoisotopic (exact) mass is 461 g/mol. The maximum atomic E-state index is 12.8. The Bertz CT molecular complexity index is 1300. The first kappa shape index (κ1) is 22.9. The number of hydrogen-bond acceptors (Lipinski definition) is 3. The van der Waals surface area contributed by atoms with Crippen molar-refractivity contribution < 1.29 is 9.53 Å². The largest absolute Gasteiger partial charge is 0.492 e. The SMILES string of the molecule is Cc1ccc(C(=O)NCc2nc3ccccc3n2CCOc2cc(C)c(Cl)c(C)c2)c(C)c1. The van der Waals surface area contributed by atoms with Crippen LogP contribution in [0.4, 0.5) is 0 Å². The van der Waals surface area contributed by atoms with Gasteiger partial charge in [-0.15, -0.1) is 0 Å². The van der Waals surface area contributed by atoms with Crippen molar-refractivity contribution in [3.8, 4) is 5.75 Å². The maximum absolute atomic E-state index is 12.8. The number of fused-ring (bicyclic) bond motifs is 1. The van der Waals surface area contributed by atoms with E-state index in [1.54, 1.807) is 0 Å². The number of aromatic nitrogens is 2. The molecule has 0 radical (unpaired) electrons. The Morgan fingerprint density at radius 3 is 2.45 bits per heavy atom. The van der Waals surface area contributed by atoms with Gasteiger partial charge >= 0.3 is 0 Å². The average Bonchev–Trinajstić information content (AvgIpc) is 3.13. The summed E-state index contributed by atoms with van der Waals surface area (Å²) in [4.78, 5) is 17.5. The number of aryl methyl sites for hydroxylation is 4. The molecular formula is C27H28ClN3O2. The fourth-order valence-electron chi connectivity index (χ4n) is 4.08. The summed E-state index contributed by atoms with van der Waals surface area (Å²) >= 11 is 6.27. The highest BCUT2D eigenvalue weighted by Crippen LogP contribution is 2.26. The third-order valence-electron chi connectivity index (χ3n) is 5.76. The molecule has 170 valence electrons. The second-order valence-electron chi connectivity index (χ2n) is 8.39. The minimum Gasteiger partial charge on any atom is -0.492 e. The summed E-state index contributed by atoms with van der Waals surface area (Å²) in [7, 11) is 0. The van der Waals surface area contributed by atoms with Crippen molar-refractivity contribution in [2.45, 2.75) is 40.8 Å². The molecule has 0 fully saturated rings. The minimum absolute atomic E-state index is 0.102. The number of imidazole rings is 1. The molecule has 1 heterocycles. The predicted molar refractivity (Wildman–Crippen MR) is 133 cm³/mol. The van der Waals surface area contributed by atoms with Crippen LogP contribution in [0.25, 0.3) is 11.0 Å². The normalized spacial score (nSPS) is 11.1. The molecule has 0 spiro atoms. The Kier molecular flexibility index (Phi) is 6.70. The molecule has 1 N–H and O–H groups in total. The summed E-state index contributed by atoms with van der Waals surface area (Å²) < 4.78 is 8.13. The van der Waals surface area contributed by atoms with Gasteiger partial charge in [0.15, 0.2) is 0 Å². The number of rotatable bonds is 7. The zero-order valence-electron chi connectivity index (χ0n) is 19.4. The standard InChI is InChI=1S/C27H28ClN3O2/c1-17-9-10-22(18(2)13-17)27(32)29-16-25-30-23-7-5-6-8-24(23)31(25)11-12-33-21-14-19(3)26(28)20(4)15-21/h5-10,13-15H,11-12,16H2,1-4H3,(H,29,32). The van der Waals surface area contributed by atoms with Crippen LogP contribution in [0.15, 0.2) is 54.6 Å². The molecule has 0 aliphatic heterocycles. The van der Waals surface area contributed by atoms with Crippen molar-refractivity contribution in [1.29, 1.82) is 0 Å². The summed E-state index contributed by atoms with van der Waals surface area (Å²) in [5.41, 5.74) is 6.68.